The molecule has 0 unspecified atom stereocenters. The minimum absolute atomic E-state index is 0.313. The highest BCUT2D eigenvalue weighted by atomic mass is 79.9. The van der Waals surface area contributed by atoms with Gasteiger partial charge in [0.25, 0.3) is 0 Å². The van der Waals surface area contributed by atoms with Crippen molar-refractivity contribution in [3.05, 3.63) is 40.6 Å². The highest BCUT2D eigenvalue weighted by molar-refractivity contribution is 9.10. The van der Waals surface area contributed by atoms with E-state index in [2.05, 4.69) is 36.6 Å². The van der Waals surface area contributed by atoms with Gasteiger partial charge in [-0.25, -0.2) is 4.39 Å². The maximum Gasteiger partial charge on any atom is 0.239 e. The van der Waals surface area contributed by atoms with E-state index >= 15 is 0 Å². The van der Waals surface area contributed by atoms with E-state index in [1.807, 2.05) is 0 Å². The summed E-state index contributed by atoms with van der Waals surface area (Å²) in [6, 6.07) is 7.62. The Kier molecular flexibility index (Phi) is 2.63. The first-order chi connectivity index (χ1) is 8.72. The topological polar surface area (TPSA) is 65.2 Å². The molecule has 0 atom stereocenters. The minimum Gasteiger partial charge on any atom is -0.437 e. The quantitative estimate of drug-likeness (QED) is 0.726. The summed E-state index contributed by atoms with van der Waals surface area (Å²) in [6.45, 7) is 0. The minimum atomic E-state index is -0.355. The number of hydrogen-bond acceptors (Lipinski definition) is 5. The Labute approximate surface area is 109 Å². The molecule has 18 heavy (non-hydrogen) atoms. The predicted molar refractivity (Wildman–Crippen MR) is 62.8 cm³/mol. The van der Waals surface area contributed by atoms with Crippen molar-refractivity contribution in [1.82, 2.24) is 25.3 Å². The Hall–Kier alpha value is -2.09. The number of rotatable bonds is 2. The molecular formula is C10H5BrFN5O. The monoisotopic (exact) mass is 309 g/mol. The molecule has 0 aliphatic heterocycles. The van der Waals surface area contributed by atoms with Crippen molar-refractivity contribution in [2.24, 2.45) is 0 Å². The first-order valence-corrected chi connectivity index (χ1v) is 5.70. The van der Waals surface area contributed by atoms with Crippen molar-refractivity contribution in [3.8, 4) is 11.6 Å². The van der Waals surface area contributed by atoms with Crippen LogP contribution in [0.3, 0.4) is 0 Å². The van der Waals surface area contributed by atoms with E-state index in [4.69, 9.17) is 4.74 Å². The van der Waals surface area contributed by atoms with Crippen LogP contribution in [0.15, 0.2) is 34.8 Å². The molecule has 6 nitrogen and oxygen atoms in total. The standard InChI is InChI=1S/C10H5BrFN5O/c11-7-5-6(1-2-8(7)12)18-10-4-3-9-13-15-16-17(9)14-10/h1-5H. The lowest BCUT2D eigenvalue weighted by molar-refractivity contribution is 0.445. The molecule has 3 rings (SSSR count). The van der Waals surface area contributed by atoms with Gasteiger partial charge >= 0.3 is 0 Å². The highest BCUT2D eigenvalue weighted by Crippen LogP contribution is 2.25. The zero-order valence-corrected chi connectivity index (χ0v) is 10.4. The Morgan fingerprint density at radius 1 is 1.22 bits per heavy atom. The van der Waals surface area contributed by atoms with Crippen LogP contribution in [-0.2, 0) is 0 Å². The van der Waals surface area contributed by atoms with Gasteiger partial charge in [-0.05, 0) is 50.6 Å². The summed E-state index contributed by atoms with van der Waals surface area (Å²) >= 11 is 3.08. The molecule has 0 aliphatic carbocycles. The summed E-state index contributed by atoms with van der Waals surface area (Å²) in [6.07, 6.45) is 0. The van der Waals surface area contributed by atoms with E-state index in [0.29, 0.717) is 21.7 Å². The van der Waals surface area contributed by atoms with Crippen LogP contribution in [0.25, 0.3) is 5.65 Å². The smallest absolute Gasteiger partial charge is 0.239 e. The van der Waals surface area contributed by atoms with Crippen LogP contribution in [-0.4, -0.2) is 25.3 Å². The molecule has 2 heterocycles. The number of hydrogen-bond donors (Lipinski definition) is 0. The van der Waals surface area contributed by atoms with Crippen molar-refractivity contribution >= 4 is 21.6 Å². The maximum atomic E-state index is 13.1. The number of fused-ring (bicyclic) bond motifs is 1. The third-order valence-electron chi connectivity index (χ3n) is 2.16. The fraction of sp³-hybridized carbons (Fsp3) is 0. The molecule has 0 fully saturated rings. The lowest BCUT2D eigenvalue weighted by Crippen LogP contribution is -1.97. The summed E-state index contributed by atoms with van der Waals surface area (Å²) < 4.78 is 20.1. The molecule has 8 heteroatoms. The summed E-state index contributed by atoms with van der Waals surface area (Å²) in [5.41, 5.74) is 0.516. The van der Waals surface area contributed by atoms with E-state index < -0.39 is 0 Å². The highest BCUT2D eigenvalue weighted by Gasteiger charge is 2.05. The Balaban J connectivity index is 1.92. The van der Waals surface area contributed by atoms with Crippen LogP contribution in [0.2, 0.25) is 0 Å². The van der Waals surface area contributed by atoms with Crippen molar-refractivity contribution in [2.75, 3.05) is 0 Å². The summed E-state index contributed by atoms with van der Waals surface area (Å²) in [5, 5.41) is 14.9. The van der Waals surface area contributed by atoms with E-state index in [9.17, 15) is 4.39 Å². The molecule has 0 radical (unpaired) electrons. The Bertz CT molecular complexity index is 716. The van der Waals surface area contributed by atoms with Crippen LogP contribution in [0, 0.1) is 5.82 Å². The number of nitrogens with zero attached hydrogens (tertiary/aromatic N) is 5. The lowest BCUT2D eigenvalue weighted by atomic mass is 10.3. The van der Waals surface area contributed by atoms with Gasteiger partial charge in [0.15, 0.2) is 5.65 Å². The summed E-state index contributed by atoms with van der Waals surface area (Å²) in [5.74, 6) is 0.419. The molecule has 0 saturated heterocycles. The normalized spacial score (nSPS) is 10.8. The average Bonchev–Trinajstić information content (AvgIpc) is 2.81. The number of halogens is 2. The molecular weight excluding hydrogens is 305 g/mol. The fourth-order valence-corrected chi connectivity index (χ4v) is 1.71. The molecule has 0 amide bonds. The molecule has 90 valence electrons. The van der Waals surface area contributed by atoms with Gasteiger partial charge in [0.05, 0.1) is 4.47 Å². The zero-order valence-electron chi connectivity index (χ0n) is 8.79. The van der Waals surface area contributed by atoms with Crippen molar-refractivity contribution in [3.63, 3.8) is 0 Å². The van der Waals surface area contributed by atoms with Crippen molar-refractivity contribution in [2.45, 2.75) is 0 Å². The summed E-state index contributed by atoms with van der Waals surface area (Å²) in [4.78, 5) is 0. The van der Waals surface area contributed by atoms with E-state index in [1.165, 1.54) is 22.8 Å². The van der Waals surface area contributed by atoms with Gasteiger partial charge < -0.3 is 4.74 Å². The number of benzene rings is 1. The average molecular weight is 310 g/mol. The lowest BCUT2D eigenvalue weighted by Gasteiger charge is -2.04. The summed E-state index contributed by atoms with van der Waals surface area (Å²) in [7, 11) is 0. The third-order valence-corrected chi connectivity index (χ3v) is 2.77. The van der Waals surface area contributed by atoms with Crippen molar-refractivity contribution < 1.29 is 9.13 Å². The molecule has 0 spiro atoms. The fourth-order valence-electron chi connectivity index (χ4n) is 1.35. The molecule has 0 saturated carbocycles. The predicted octanol–water partition coefficient (Wildman–Crippen LogP) is 2.21. The van der Waals surface area contributed by atoms with E-state index in [-0.39, 0.29) is 5.82 Å². The van der Waals surface area contributed by atoms with Gasteiger partial charge in [-0.3, -0.25) is 0 Å². The second kappa shape index (κ2) is 4.30. The van der Waals surface area contributed by atoms with Gasteiger partial charge in [0, 0.05) is 6.07 Å². The van der Waals surface area contributed by atoms with Gasteiger partial charge in [0.2, 0.25) is 5.88 Å². The zero-order chi connectivity index (χ0) is 12.5. The first kappa shape index (κ1) is 11.0. The van der Waals surface area contributed by atoms with Gasteiger partial charge in [-0.1, -0.05) is 0 Å². The van der Waals surface area contributed by atoms with Crippen LogP contribution >= 0.6 is 15.9 Å². The Morgan fingerprint density at radius 3 is 2.94 bits per heavy atom. The van der Waals surface area contributed by atoms with Crippen LogP contribution in [0.1, 0.15) is 0 Å². The second-order valence-electron chi connectivity index (χ2n) is 3.38. The number of aromatic nitrogens is 5. The van der Waals surface area contributed by atoms with Crippen molar-refractivity contribution in [1.29, 1.82) is 0 Å². The van der Waals surface area contributed by atoms with Crippen LogP contribution < -0.4 is 4.74 Å². The number of ether oxygens (including phenoxy) is 1. The van der Waals surface area contributed by atoms with E-state index in [0.717, 1.165) is 0 Å². The van der Waals surface area contributed by atoms with Crippen LogP contribution in [0.4, 0.5) is 4.39 Å². The second-order valence-corrected chi connectivity index (χ2v) is 4.23. The molecule has 1 aromatic carbocycles. The van der Waals surface area contributed by atoms with Gasteiger partial charge in [-0.2, -0.15) is 0 Å². The molecule has 2 aromatic heterocycles. The third kappa shape index (κ3) is 2.02. The molecule has 0 bridgehead atoms. The largest absolute Gasteiger partial charge is 0.437 e. The van der Waals surface area contributed by atoms with E-state index in [1.54, 1.807) is 12.1 Å². The molecule has 0 aliphatic rings. The first-order valence-electron chi connectivity index (χ1n) is 4.91. The van der Waals surface area contributed by atoms with Gasteiger partial charge in [-0.15, -0.1) is 14.8 Å². The molecule has 3 aromatic rings. The SMILES string of the molecule is Fc1ccc(Oc2ccc3nnnn3n2)cc1Br. The Morgan fingerprint density at radius 2 is 2.11 bits per heavy atom. The van der Waals surface area contributed by atoms with Crippen LogP contribution in [0.5, 0.6) is 11.6 Å². The van der Waals surface area contributed by atoms with Gasteiger partial charge in [0.1, 0.15) is 11.6 Å². The number of tetrazole rings is 1. The maximum absolute atomic E-state index is 13.1. The molecule has 0 N–H and O–H groups in total.